The molecule has 3 aromatic rings. The van der Waals surface area contributed by atoms with Crippen LogP contribution < -0.4 is 10.2 Å². The van der Waals surface area contributed by atoms with Crippen molar-refractivity contribution in [3.8, 4) is 0 Å². The molecule has 0 bridgehead atoms. The van der Waals surface area contributed by atoms with Crippen molar-refractivity contribution in [3.05, 3.63) is 77.3 Å². The smallest absolute Gasteiger partial charge is 0.271 e. The van der Waals surface area contributed by atoms with Crippen molar-refractivity contribution in [2.45, 2.75) is 38.1 Å². The van der Waals surface area contributed by atoms with Crippen molar-refractivity contribution in [1.82, 2.24) is 25.3 Å². The van der Waals surface area contributed by atoms with Crippen LogP contribution in [0.3, 0.4) is 0 Å². The fourth-order valence-electron chi connectivity index (χ4n) is 3.36. The van der Waals surface area contributed by atoms with Crippen molar-refractivity contribution in [2.75, 3.05) is 19.0 Å². The number of carbonyl (C=O) groups is 1. The number of aromatic nitrogens is 4. The minimum atomic E-state index is -0.251. The van der Waals surface area contributed by atoms with Crippen molar-refractivity contribution < 1.29 is 4.79 Å². The Balaban J connectivity index is 1.65. The van der Waals surface area contributed by atoms with Gasteiger partial charge in [-0.25, -0.2) is 15.0 Å². The largest absolute Gasteiger partial charge is 0.363 e. The summed E-state index contributed by atoms with van der Waals surface area (Å²) in [7, 11) is 3.97. The van der Waals surface area contributed by atoms with Gasteiger partial charge in [0.2, 0.25) is 0 Å². The molecule has 1 unspecified atom stereocenters. The number of rotatable bonds is 7. The number of nitrogens with one attached hydrogen (secondary N) is 1. The van der Waals surface area contributed by atoms with Gasteiger partial charge in [-0.1, -0.05) is 29.8 Å². The molecule has 154 valence electrons. The summed E-state index contributed by atoms with van der Waals surface area (Å²) < 4.78 is 0. The minimum Gasteiger partial charge on any atom is -0.363 e. The summed E-state index contributed by atoms with van der Waals surface area (Å²) in [5, 5.41) is 3.12. The number of aryl methyl sites for hydroxylation is 1. The Morgan fingerprint density at radius 1 is 1.20 bits per heavy atom. The molecule has 0 spiro atoms. The number of hydrogen-bond donors (Lipinski definition) is 1. The Hall–Kier alpha value is -3.35. The summed E-state index contributed by atoms with van der Waals surface area (Å²) in [5.41, 5.74) is 3.39. The Morgan fingerprint density at radius 2 is 2.03 bits per heavy atom. The lowest BCUT2D eigenvalue weighted by atomic mass is 9.99. The molecule has 1 aromatic carbocycles. The quantitative estimate of drug-likeness (QED) is 0.653. The lowest BCUT2D eigenvalue weighted by Gasteiger charge is -2.21. The average molecular weight is 403 g/mol. The molecule has 1 N–H and O–H groups in total. The summed E-state index contributed by atoms with van der Waals surface area (Å²) >= 11 is 0. The highest BCUT2D eigenvalue weighted by Gasteiger charge is 2.28. The van der Waals surface area contributed by atoms with E-state index in [0.29, 0.717) is 18.0 Å². The number of benzene rings is 1. The van der Waals surface area contributed by atoms with Gasteiger partial charge in [-0.05, 0) is 25.3 Å². The predicted molar refractivity (Wildman–Crippen MR) is 115 cm³/mol. The number of carbonyl (C=O) groups excluding carboxylic acids is 1. The number of amides is 1. The first kappa shape index (κ1) is 19.9. The summed E-state index contributed by atoms with van der Waals surface area (Å²) in [6.07, 6.45) is 7.40. The van der Waals surface area contributed by atoms with Crippen LogP contribution in [-0.4, -0.2) is 39.9 Å². The van der Waals surface area contributed by atoms with Gasteiger partial charge in [0.25, 0.3) is 5.91 Å². The topological polar surface area (TPSA) is 83.9 Å². The van der Waals surface area contributed by atoms with E-state index in [1.54, 1.807) is 6.20 Å². The fraction of sp³-hybridized carbons (Fsp3) is 0.348. The van der Waals surface area contributed by atoms with Gasteiger partial charge < -0.3 is 10.2 Å². The van der Waals surface area contributed by atoms with Crippen LogP contribution in [0.1, 0.15) is 57.9 Å². The zero-order valence-electron chi connectivity index (χ0n) is 17.5. The molecule has 1 amide bonds. The van der Waals surface area contributed by atoms with Gasteiger partial charge in [-0.2, -0.15) is 0 Å². The Morgan fingerprint density at radius 3 is 2.70 bits per heavy atom. The lowest BCUT2D eigenvalue weighted by Crippen LogP contribution is -2.31. The third kappa shape index (κ3) is 4.79. The van der Waals surface area contributed by atoms with Crippen LogP contribution in [0.25, 0.3) is 0 Å². The Labute approximate surface area is 176 Å². The summed E-state index contributed by atoms with van der Waals surface area (Å²) in [5.74, 6) is 2.00. The molecule has 2 aromatic heterocycles. The van der Waals surface area contributed by atoms with Gasteiger partial charge >= 0.3 is 0 Å². The van der Waals surface area contributed by atoms with E-state index in [-0.39, 0.29) is 11.9 Å². The zero-order chi connectivity index (χ0) is 21.1. The second kappa shape index (κ2) is 8.57. The molecule has 7 heteroatoms. The van der Waals surface area contributed by atoms with Gasteiger partial charge in [0.05, 0.1) is 12.2 Å². The molecule has 2 heterocycles. The monoisotopic (exact) mass is 402 g/mol. The molecular formula is C23H26N6O. The normalized spacial score (nSPS) is 14.2. The van der Waals surface area contributed by atoms with E-state index in [1.807, 2.05) is 50.2 Å². The molecule has 1 aliphatic carbocycles. The molecule has 0 radical (unpaired) electrons. The molecule has 1 saturated carbocycles. The fourth-order valence-corrected chi connectivity index (χ4v) is 3.36. The first-order valence-corrected chi connectivity index (χ1v) is 10.2. The van der Waals surface area contributed by atoms with Crippen LogP contribution in [0.5, 0.6) is 0 Å². The molecule has 4 rings (SSSR count). The molecule has 0 saturated heterocycles. The third-order valence-corrected chi connectivity index (χ3v) is 5.14. The van der Waals surface area contributed by atoms with E-state index in [2.05, 4.69) is 21.4 Å². The van der Waals surface area contributed by atoms with Crippen LogP contribution in [0.4, 0.5) is 5.82 Å². The lowest BCUT2D eigenvalue weighted by molar-refractivity contribution is 0.0931. The second-order valence-electron chi connectivity index (χ2n) is 7.98. The zero-order valence-corrected chi connectivity index (χ0v) is 17.5. The maximum absolute atomic E-state index is 12.8. The SMILES string of the molecule is Cc1cccc(C(Cc2cc(N(C)C)nc(C3CC3)n2)NC(=O)c2cnccn2)c1. The first-order valence-electron chi connectivity index (χ1n) is 10.2. The van der Waals surface area contributed by atoms with Gasteiger partial charge in [-0.15, -0.1) is 0 Å². The predicted octanol–water partition coefficient (Wildman–Crippen LogP) is 3.23. The van der Waals surface area contributed by atoms with E-state index in [9.17, 15) is 4.79 Å². The second-order valence-corrected chi connectivity index (χ2v) is 7.98. The average Bonchev–Trinajstić information content (AvgIpc) is 3.59. The van der Waals surface area contributed by atoms with Gasteiger partial charge in [-0.3, -0.25) is 9.78 Å². The highest BCUT2D eigenvalue weighted by molar-refractivity contribution is 5.92. The highest BCUT2D eigenvalue weighted by atomic mass is 16.1. The number of nitrogens with zero attached hydrogens (tertiary/aromatic N) is 5. The Kier molecular flexibility index (Phi) is 5.70. The van der Waals surface area contributed by atoms with E-state index >= 15 is 0 Å². The maximum atomic E-state index is 12.8. The van der Waals surface area contributed by atoms with E-state index in [4.69, 9.17) is 9.97 Å². The number of anilines is 1. The van der Waals surface area contributed by atoms with E-state index in [1.165, 1.54) is 12.4 Å². The van der Waals surface area contributed by atoms with Crippen LogP contribution in [0, 0.1) is 6.92 Å². The summed E-state index contributed by atoms with van der Waals surface area (Å²) in [6.45, 7) is 2.05. The standard InChI is InChI=1S/C23H26N6O/c1-15-5-4-6-17(11-15)19(27-23(30)20-14-24-9-10-25-20)12-18-13-21(29(2)3)28-22(26-18)16-7-8-16/h4-6,9-11,13-14,16,19H,7-8,12H2,1-3H3,(H,27,30). The van der Waals surface area contributed by atoms with E-state index < -0.39 is 0 Å². The summed E-state index contributed by atoms with van der Waals surface area (Å²) in [6, 6.07) is 9.94. The van der Waals surface area contributed by atoms with Gasteiger partial charge in [0, 0.05) is 50.6 Å². The van der Waals surface area contributed by atoms with Crippen LogP contribution >= 0.6 is 0 Å². The van der Waals surface area contributed by atoms with Crippen LogP contribution in [0.2, 0.25) is 0 Å². The van der Waals surface area contributed by atoms with Crippen molar-refractivity contribution in [2.24, 2.45) is 0 Å². The third-order valence-electron chi connectivity index (χ3n) is 5.14. The number of hydrogen-bond acceptors (Lipinski definition) is 6. The van der Waals surface area contributed by atoms with E-state index in [0.717, 1.165) is 41.3 Å². The van der Waals surface area contributed by atoms with Crippen LogP contribution in [0.15, 0.2) is 48.9 Å². The molecule has 1 aliphatic rings. The maximum Gasteiger partial charge on any atom is 0.271 e. The molecule has 1 fully saturated rings. The molecule has 30 heavy (non-hydrogen) atoms. The molecule has 1 atom stereocenters. The van der Waals surface area contributed by atoms with Crippen molar-refractivity contribution in [1.29, 1.82) is 0 Å². The molecular weight excluding hydrogens is 376 g/mol. The van der Waals surface area contributed by atoms with Gasteiger partial charge in [0.15, 0.2) is 0 Å². The minimum absolute atomic E-state index is 0.239. The molecule has 7 nitrogen and oxygen atoms in total. The van der Waals surface area contributed by atoms with Crippen molar-refractivity contribution >= 4 is 11.7 Å². The highest BCUT2D eigenvalue weighted by Crippen LogP contribution is 2.38. The first-order chi connectivity index (χ1) is 14.5. The van der Waals surface area contributed by atoms with Crippen molar-refractivity contribution in [3.63, 3.8) is 0 Å². The van der Waals surface area contributed by atoms with Crippen LogP contribution in [-0.2, 0) is 6.42 Å². The Bertz CT molecular complexity index is 1010. The summed E-state index contributed by atoms with van der Waals surface area (Å²) in [4.78, 5) is 32.5. The van der Waals surface area contributed by atoms with Gasteiger partial charge in [0.1, 0.15) is 17.3 Å². The molecule has 0 aliphatic heterocycles.